The number of nitrogens with one attached hydrogen (secondary N) is 1. The summed E-state index contributed by atoms with van der Waals surface area (Å²) in [5.74, 6) is 0. The summed E-state index contributed by atoms with van der Waals surface area (Å²) in [5.41, 5.74) is -0.410. The van der Waals surface area contributed by atoms with Crippen molar-refractivity contribution in [2.75, 3.05) is 13.1 Å². The molecular formula is C14H26N2O2. The smallest absolute Gasteiger partial charge is 0.407 e. The number of hydrogen-bond donors (Lipinski definition) is 1. The first-order chi connectivity index (χ1) is 8.44. The van der Waals surface area contributed by atoms with Crippen molar-refractivity contribution in [1.29, 1.82) is 0 Å². The van der Waals surface area contributed by atoms with Crippen LogP contribution in [0.25, 0.3) is 0 Å². The predicted molar refractivity (Wildman–Crippen MR) is 71.6 cm³/mol. The van der Waals surface area contributed by atoms with Crippen LogP contribution in [0.1, 0.15) is 52.9 Å². The molecule has 2 fully saturated rings. The second-order valence-electron chi connectivity index (χ2n) is 6.57. The van der Waals surface area contributed by atoms with Gasteiger partial charge in [0.2, 0.25) is 0 Å². The quantitative estimate of drug-likeness (QED) is 0.823. The fourth-order valence-electron chi connectivity index (χ4n) is 2.68. The fraction of sp³-hybridized carbons (Fsp3) is 0.929. The highest BCUT2D eigenvalue weighted by Crippen LogP contribution is 2.27. The van der Waals surface area contributed by atoms with Crippen molar-refractivity contribution >= 4 is 6.09 Å². The Bertz CT molecular complexity index is 295. The maximum Gasteiger partial charge on any atom is 0.407 e. The topological polar surface area (TPSA) is 41.6 Å². The summed E-state index contributed by atoms with van der Waals surface area (Å²) in [6, 6.07) is 1.03. The fourth-order valence-corrected chi connectivity index (χ4v) is 2.68. The lowest BCUT2D eigenvalue weighted by Crippen LogP contribution is -2.53. The van der Waals surface area contributed by atoms with Gasteiger partial charge in [-0.25, -0.2) is 4.79 Å². The molecule has 4 nitrogen and oxygen atoms in total. The van der Waals surface area contributed by atoms with Crippen molar-refractivity contribution in [2.24, 2.45) is 0 Å². The van der Waals surface area contributed by atoms with Crippen LogP contribution in [-0.2, 0) is 4.74 Å². The van der Waals surface area contributed by atoms with Crippen molar-refractivity contribution in [3.8, 4) is 0 Å². The molecule has 0 radical (unpaired) electrons. The van der Waals surface area contributed by atoms with Gasteiger partial charge in [0.05, 0.1) is 0 Å². The van der Waals surface area contributed by atoms with Gasteiger partial charge in [-0.15, -0.1) is 0 Å². The number of rotatable bonds is 2. The minimum Gasteiger partial charge on any atom is -0.444 e. The number of likely N-dealkylation sites (tertiary alicyclic amines) is 1. The van der Waals surface area contributed by atoms with E-state index in [0.29, 0.717) is 0 Å². The molecule has 0 aromatic carbocycles. The van der Waals surface area contributed by atoms with Gasteiger partial charge in [-0.3, -0.25) is 4.90 Å². The standard InChI is InChI=1S/C14H26N2O2/c1-14(2,3)18-13(17)15-11-6-5-9-16(10-11)12-7-4-8-12/h11-12H,4-10H2,1-3H3,(H,15,17)/t11-/m1/s1. The van der Waals surface area contributed by atoms with E-state index in [1.54, 1.807) is 0 Å². The van der Waals surface area contributed by atoms with Crippen LogP contribution < -0.4 is 5.32 Å². The average Bonchev–Trinajstić information content (AvgIpc) is 2.11. The van der Waals surface area contributed by atoms with E-state index in [-0.39, 0.29) is 12.1 Å². The zero-order valence-corrected chi connectivity index (χ0v) is 11.9. The molecule has 1 aliphatic heterocycles. The average molecular weight is 254 g/mol. The maximum absolute atomic E-state index is 11.7. The lowest BCUT2D eigenvalue weighted by atomic mass is 9.89. The first-order valence-corrected chi connectivity index (χ1v) is 7.17. The molecule has 0 aromatic rings. The molecule has 2 rings (SSSR count). The summed E-state index contributed by atoms with van der Waals surface area (Å²) < 4.78 is 5.31. The molecule has 0 unspecified atom stereocenters. The van der Waals surface area contributed by atoms with Gasteiger partial charge in [-0.1, -0.05) is 6.42 Å². The molecule has 0 spiro atoms. The van der Waals surface area contributed by atoms with Gasteiger partial charge < -0.3 is 10.1 Å². The third-order valence-corrected chi connectivity index (χ3v) is 3.76. The van der Waals surface area contributed by atoms with Gasteiger partial charge in [0.25, 0.3) is 0 Å². The Morgan fingerprint density at radius 1 is 1.22 bits per heavy atom. The molecule has 104 valence electrons. The number of nitrogens with zero attached hydrogens (tertiary/aromatic N) is 1. The molecule has 1 N–H and O–H groups in total. The highest BCUT2D eigenvalue weighted by molar-refractivity contribution is 5.68. The van der Waals surface area contributed by atoms with E-state index in [4.69, 9.17) is 4.74 Å². The minimum absolute atomic E-state index is 0.259. The highest BCUT2D eigenvalue weighted by Gasteiger charge is 2.30. The summed E-state index contributed by atoms with van der Waals surface area (Å²) in [6.45, 7) is 7.87. The summed E-state index contributed by atoms with van der Waals surface area (Å²) in [5, 5.41) is 3.01. The molecule has 1 aliphatic carbocycles. The van der Waals surface area contributed by atoms with Crippen LogP contribution in [0, 0.1) is 0 Å². The Labute approximate surface area is 110 Å². The Morgan fingerprint density at radius 2 is 1.94 bits per heavy atom. The highest BCUT2D eigenvalue weighted by atomic mass is 16.6. The molecule has 18 heavy (non-hydrogen) atoms. The molecule has 1 atom stereocenters. The van der Waals surface area contributed by atoms with Crippen LogP contribution in [0.4, 0.5) is 4.79 Å². The number of carbonyl (C=O) groups excluding carboxylic acids is 1. The number of alkyl carbamates (subject to hydrolysis) is 1. The van der Waals surface area contributed by atoms with Gasteiger partial charge in [0.1, 0.15) is 5.60 Å². The molecule has 2 aliphatic rings. The van der Waals surface area contributed by atoms with Crippen molar-refractivity contribution in [1.82, 2.24) is 10.2 Å². The van der Waals surface area contributed by atoms with Gasteiger partial charge in [0, 0.05) is 18.6 Å². The lowest BCUT2D eigenvalue weighted by Gasteiger charge is -2.42. The van der Waals surface area contributed by atoms with E-state index in [9.17, 15) is 4.79 Å². The zero-order chi connectivity index (χ0) is 13.2. The second kappa shape index (κ2) is 5.47. The Balaban J connectivity index is 1.76. The maximum atomic E-state index is 11.7. The van der Waals surface area contributed by atoms with Crippen molar-refractivity contribution in [3.63, 3.8) is 0 Å². The molecule has 1 heterocycles. The van der Waals surface area contributed by atoms with E-state index in [2.05, 4.69) is 10.2 Å². The van der Waals surface area contributed by atoms with Crippen molar-refractivity contribution in [3.05, 3.63) is 0 Å². The van der Waals surface area contributed by atoms with Crippen molar-refractivity contribution in [2.45, 2.75) is 70.6 Å². The van der Waals surface area contributed by atoms with Gasteiger partial charge >= 0.3 is 6.09 Å². The van der Waals surface area contributed by atoms with Gasteiger partial charge in [0.15, 0.2) is 0 Å². The Morgan fingerprint density at radius 3 is 2.50 bits per heavy atom. The number of carbonyl (C=O) groups is 1. The van der Waals surface area contributed by atoms with Crippen LogP contribution in [0.3, 0.4) is 0 Å². The number of hydrogen-bond acceptors (Lipinski definition) is 3. The van der Waals surface area contributed by atoms with Crippen LogP contribution in [-0.4, -0.2) is 41.8 Å². The van der Waals surface area contributed by atoms with E-state index < -0.39 is 5.60 Å². The molecule has 0 aromatic heterocycles. The molecule has 1 saturated carbocycles. The summed E-state index contributed by atoms with van der Waals surface area (Å²) in [4.78, 5) is 14.3. The molecule has 4 heteroatoms. The second-order valence-corrected chi connectivity index (χ2v) is 6.57. The molecule has 1 amide bonds. The number of amides is 1. The van der Waals surface area contributed by atoms with Crippen LogP contribution in [0.2, 0.25) is 0 Å². The van der Waals surface area contributed by atoms with Crippen LogP contribution >= 0.6 is 0 Å². The Kier molecular flexibility index (Phi) is 4.15. The molecule has 1 saturated heterocycles. The van der Waals surface area contributed by atoms with E-state index in [1.807, 2.05) is 20.8 Å². The molecular weight excluding hydrogens is 228 g/mol. The normalized spacial score (nSPS) is 26.5. The third-order valence-electron chi connectivity index (χ3n) is 3.76. The van der Waals surface area contributed by atoms with Gasteiger partial charge in [-0.05, 0) is 53.0 Å². The first kappa shape index (κ1) is 13.7. The predicted octanol–water partition coefficient (Wildman–Crippen LogP) is 2.53. The number of ether oxygens (including phenoxy) is 1. The Hall–Kier alpha value is -0.770. The first-order valence-electron chi connectivity index (χ1n) is 7.17. The lowest BCUT2D eigenvalue weighted by molar-refractivity contribution is 0.0419. The van der Waals surface area contributed by atoms with E-state index in [1.165, 1.54) is 32.2 Å². The monoisotopic (exact) mass is 254 g/mol. The number of piperidine rings is 1. The van der Waals surface area contributed by atoms with E-state index >= 15 is 0 Å². The summed E-state index contributed by atoms with van der Waals surface area (Å²) in [7, 11) is 0. The summed E-state index contributed by atoms with van der Waals surface area (Å²) in [6.07, 6.45) is 6.01. The molecule has 0 bridgehead atoms. The zero-order valence-electron chi connectivity index (χ0n) is 11.9. The van der Waals surface area contributed by atoms with Crippen LogP contribution in [0.15, 0.2) is 0 Å². The van der Waals surface area contributed by atoms with Crippen molar-refractivity contribution < 1.29 is 9.53 Å². The van der Waals surface area contributed by atoms with Gasteiger partial charge in [-0.2, -0.15) is 0 Å². The summed E-state index contributed by atoms with van der Waals surface area (Å²) >= 11 is 0. The largest absolute Gasteiger partial charge is 0.444 e. The SMILES string of the molecule is CC(C)(C)OC(=O)N[C@@H]1CCCN(C2CCC2)C1. The minimum atomic E-state index is -0.410. The third kappa shape index (κ3) is 3.87. The van der Waals surface area contributed by atoms with Crippen LogP contribution in [0.5, 0.6) is 0 Å². The van der Waals surface area contributed by atoms with E-state index in [0.717, 1.165) is 19.0 Å².